The molecule has 1 unspecified atom stereocenters. The smallest absolute Gasteiger partial charge is 0.277 e. The number of hydrogen-bond donors (Lipinski definition) is 3. The molecule has 2 aromatic heterocycles. The molecule has 30 heavy (non-hydrogen) atoms. The molecule has 4 N–H and O–H groups in total. The summed E-state index contributed by atoms with van der Waals surface area (Å²) in [6.07, 6.45) is 4.32. The van der Waals surface area contributed by atoms with Crippen LogP contribution in [0.25, 0.3) is 10.6 Å². The van der Waals surface area contributed by atoms with Gasteiger partial charge in [0, 0.05) is 11.5 Å². The van der Waals surface area contributed by atoms with Gasteiger partial charge in [0.1, 0.15) is 33.4 Å². The van der Waals surface area contributed by atoms with Crippen molar-refractivity contribution in [2.45, 2.75) is 25.4 Å². The van der Waals surface area contributed by atoms with Crippen molar-refractivity contribution in [1.29, 1.82) is 0 Å². The van der Waals surface area contributed by atoms with Gasteiger partial charge in [-0.05, 0) is 44.5 Å². The molecule has 1 aromatic carbocycles. The second kappa shape index (κ2) is 9.02. The molecule has 0 bridgehead atoms. The first-order valence-electron chi connectivity index (χ1n) is 9.37. The van der Waals surface area contributed by atoms with Crippen LogP contribution < -0.4 is 21.1 Å². The van der Waals surface area contributed by atoms with Gasteiger partial charge in [-0.2, -0.15) is 4.37 Å². The van der Waals surface area contributed by atoms with Crippen molar-refractivity contribution in [2.75, 3.05) is 24.1 Å². The largest absolute Gasteiger partial charge is 0.478 e. The highest BCUT2D eigenvalue weighted by Gasteiger charge is 2.23. The second-order valence-corrected chi connectivity index (χ2v) is 8.53. The molecule has 1 amide bonds. The Balaban J connectivity index is 1.52. The number of carbonyl (C=O) groups excluding carboxylic acids is 1. The average molecular weight is 452 g/mol. The summed E-state index contributed by atoms with van der Waals surface area (Å²) >= 11 is 1.99. The Morgan fingerprint density at radius 3 is 2.87 bits per heavy atom. The maximum atomic E-state index is 14.0. The number of ether oxygens (including phenoxy) is 1. The van der Waals surface area contributed by atoms with Gasteiger partial charge in [-0.3, -0.25) is 4.79 Å². The topological polar surface area (TPSA) is 102 Å². The zero-order valence-corrected chi connectivity index (χ0v) is 17.4. The van der Waals surface area contributed by atoms with Gasteiger partial charge in [0.2, 0.25) is 5.06 Å². The number of amides is 1. The van der Waals surface area contributed by atoms with Gasteiger partial charge in [0.25, 0.3) is 5.91 Å². The van der Waals surface area contributed by atoms with Crippen LogP contribution >= 0.6 is 22.9 Å². The molecule has 1 aliphatic heterocycles. The molecular weight excluding hydrogens is 432 g/mol. The van der Waals surface area contributed by atoms with E-state index in [-0.39, 0.29) is 27.4 Å². The summed E-state index contributed by atoms with van der Waals surface area (Å²) in [4.78, 5) is 16.8. The highest BCUT2D eigenvalue weighted by Crippen LogP contribution is 2.35. The first kappa shape index (κ1) is 20.6. The second-order valence-electron chi connectivity index (χ2n) is 6.73. The van der Waals surface area contributed by atoms with Gasteiger partial charge < -0.3 is 21.1 Å². The van der Waals surface area contributed by atoms with E-state index >= 15 is 0 Å². The maximum Gasteiger partial charge on any atom is 0.277 e. The number of anilines is 2. The highest BCUT2D eigenvalue weighted by atomic mass is 32.1. The lowest BCUT2D eigenvalue weighted by Crippen LogP contribution is -2.20. The summed E-state index contributed by atoms with van der Waals surface area (Å²) < 4.78 is 38.2. The quantitative estimate of drug-likeness (QED) is 0.544. The molecule has 3 heterocycles. The van der Waals surface area contributed by atoms with E-state index in [1.807, 2.05) is 0 Å². The first-order chi connectivity index (χ1) is 14.5. The summed E-state index contributed by atoms with van der Waals surface area (Å²) in [5.41, 5.74) is 5.91. The van der Waals surface area contributed by atoms with Crippen molar-refractivity contribution >= 4 is 39.5 Å². The summed E-state index contributed by atoms with van der Waals surface area (Å²) in [6.45, 7) is 1.83. The van der Waals surface area contributed by atoms with E-state index in [0.717, 1.165) is 67.4 Å². The van der Waals surface area contributed by atoms with Crippen LogP contribution in [0.1, 0.15) is 29.8 Å². The van der Waals surface area contributed by atoms with Gasteiger partial charge in [-0.1, -0.05) is 17.4 Å². The van der Waals surface area contributed by atoms with Crippen molar-refractivity contribution in [3.63, 3.8) is 0 Å². The molecule has 11 heteroatoms. The summed E-state index contributed by atoms with van der Waals surface area (Å²) in [7, 11) is 0. The minimum Gasteiger partial charge on any atom is -0.478 e. The fraction of sp³-hybridized carbons (Fsp3) is 0.316. The molecule has 1 fully saturated rings. The average Bonchev–Trinajstić information content (AvgIpc) is 3.20. The fourth-order valence-corrected chi connectivity index (χ4v) is 4.65. The lowest BCUT2D eigenvalue weighted by atomic mass is 10.2. The summed E-state index contributed by atoms with van der Waals surface area (Å²) in [6, 6.07) is 3.51. The summed E-state index contributed by atoms with van der Waals surface area (Å²) in [5.74, 6) is -2.14. The van der Waals surface area contributed by atoms with Crippen LogP contribution in [-0.4, -0.2) is 34.5 Å². The van der Waals surface area contributed by atoms with Crippen molar-refractivity contribution < 1.29 is 18.3 Å². The number of nitrogens with zero attached hydrogens (tertiary/aromatic N) is 2. The number of benzene rings is 1. The zero-order chi connectivity index (χ0) is 21.1. The Hall–Kier alpha value is -2.63. The molecule has 0 spiro atoms. The Bertz CT molecular complexity index is 1030. The normalized spacial score (nSPS) is 16.8. The maximum absolute atomic E-state index is 14.0. The van der Waals surface area contributed by atoms with Crippen molar-refractivity contribution in [3.8, 4) is 15.6 Å². The van der Waals surface area contributed by atoms with Crippen LogP contribution in [0.4, 0.5) is 19.5 Å². The molecule has 0 aliphatic carbocycles. The van der Waals surface area contributed by atoms with E-state index in [2.05, 4.69) is 20.0 Å². The van der Waals surface area contributed by atoms with E-state index in [9.17, 15) is 13.6 Å². The number of nitrogens with two attached hydrogens (primary N) is 1. The molecule has 1 aliphatic rings. The number of carbonyl (C=O) groups is 1. The molecule has 158 valence electrons. The Morgan fingerprint density at radius 2 is 2.07 bits per heavy atom. The third-order valence-corrected chi connectivity index (χ3v) is 6.22. The monoisotopic (exact) mass is 451 g/mol. The van der Waals surface area contributed by atoms with Crippen LogP contribution in [0.5, 0.6) is 5.06 Å². The number of rotatable bonds is 5. The van der Waals surface area contributed by atoms with E-state index in [4.69, 9.17) is 10.5 Å². The lowest BCUT2D eigenvalue weighted by molar-refractivity contribution is 0.102. The lowest BCUT2D eigenvalue weighted by Gasteiger charge is -2.16. The Kier molecular flexibility index (Phi) is 6.21. The van der Waals surface area contributed by atoms with Gasteiger partial charge in [-0.15, -0.1) is 0 Å². The molecular formula is C19H19F2N5O2S2. The van der Waals surface area contributed by atoms with Gasteiger partial charge in [0.05, 0.1) is 11.8 Å². The molecule has 7 nitrogen and oxygen atoms in total. The minimum absolute atomic E-state index is 0.000812. The van der Waals surface area contributed by atoms with E-state index in [1.54, 1.807) is 0 Å². The van der Waals surface area contributed by atoms with Gasteiger partial charge in [0.15, 0.2) is 5.69 Å². The van der Waals surface area contributed by atoms with E-state index in [0.29, 0.717) is 10.8 Å². The highest BCUT2D eigenvalue weighted by molar-refractivity contribution is 7.19. The molecule has 1 atom stereocenters. The molecule has 0 saturated carbocycles. The Morgan fingerprint density at radius 1 is 1.27 bits per heavy atom. The number of nitrogens with one attached hydrogen (secondary N) is 2. The number of halogens is 2. The predicted molar refractivity (Wildman–Crippen MR) is 113 cm³/mol. The Labute approximate surface area is 179 Å². The van der Waals surface area contributed by atoms with E-state index < -0.39 is 17.5 Å². The third-order valence-electron chi connectivity index (χ3n) is 4.63. The van der Waals surface area contributed by atoms with E-state index in [1.165, 1.54) is 12.3 Å². The molecule has 3 aromatic rings. The van der Waals surface area contributed by atoms with Crippen molar-refractivity contribution in [2.24, 2.45) is 0 Å². The standard InChI is InChI=1S/C19H19F2N5O2S2/c20-11-4-1-5-12(21)14(11)18-26-15(16(22)29-18)17(27)25-13-9-24-30-19(13)28-10-3-2-7-23-8-6-10/h1,4-5,9-10,23H,2-3,6-8,22H2,(H,25,27). The third kappa shape index (κ3) is 4.42. The van der Waals surface area contributed by atoms with Crippen LogP contribution in [0.3, 0.4) is 0 Å². The van der Waals surface area contributed by atoms with Crippen LogP contribution in [0.2, 0.25) is 0 Å². The number of aromatic nitrogens is 2. The number of thiazole rings is 1. The summed E-state index contributed by atoms with van der Waals surface area (Å²) in [5, 5.41) is 6.57. The predicted octanol–water partition coefficient (Wildman–Crippen LogP) is 3.90. The molecule has 4 rings (SSSR count). The molecule has 1 saturated heterocycles. The van der Waals surface area contributed by atoms with Crippen LogP contribution in [0, 0.1) is 11.6 Å². The van der Waals surface area contributed by atoms with Crippen LogP contribution in [0.15, 0.2) is 24.4 Å². The molecule has 0 radical (unpaired) electrons. The zero-order valence-electron chi connectivity index (χ0n) is 15.8. The van der Waals surface area contributed by atoms with Crippen molar-refractivity contribution in [1.82, 2.24) is 14.7 Å². The van der Waals surface area contributed by atoms with Crippen molar-refractivity contribution in [3.05, 3.63) is 41.7 Å². The minimum atomic E-state index is -0.772. The SMILES string of the molecule is Nc1sc(-c2c(F)cccc2F)nc1C(=O)Nc1cnsc1OC1CCCNCC1. The van der Waals surface area contributed by atoms with Gasteiger partial charge in [-0.25, -0.2) is 13.8 Å². The van der Waals surface area contributed by atoms with Gasteiger partial charge >= 0.3 is 0 Å². The van der Waals surface area contributed by atoms with Crippen LogP contribution in [-0.2, 0) is 0 Å². The number of hydrogen-bond acceptors (Lipinski definition) is 8. The first-order valence-corrected chi connectivity index (χ1v) is 11.0. The number of nitrogen functional groups attached to an aromatic ring is 1. The fourth-order valence-electron chi connectivity index (χ4n) is 3.14.